The third-order valence-electron chi connectivity index (χ3n) is 9.97. The lowest BCUT2D eigenvalue weighted by atomic mass is 9.97. The molecule has 4 nitrogen and oxygen atoms in total. The van der Waals surface area contributed by atoms with E-state index in [-0.39, 0.29) is 0 Å². The quantitative estimate of drug-likeness (QED) is 0.174. The molecule has 1 aliphatic carbocycles. The van der Waals surface area contributed by atoms with Crippen LogP contribution in [0.3, 0.4) is 0 Å². The van der Waals surface area contributed by atoms with Crippen molar-refractivity contribution in [1.29, 1.82) is 0 Å². The Balaban J connectivity index is 0.982. The molecular weight excluding hydrogens is 665 g/mol. The van der Waals surface area contributed by atoms with Gasteiger partial charge in [-0.05, 0) is 46.4 Å². The monoisotopic (exact) mass is 696 g/mol. The van der Waals surface area contributed by atoms with Gasteiger partial charge in [0.15, 0.2) is 17.5 Å². The van der Waals surface area contributed by atoms with Gasteiger partial charge >= 0.3 is 0 Å². The molecule has 0 bridgehead atoms. The number of aromatic nitrogens is 4. The maximum Gasteiger partial charge on any atom is 0.164 e. The Hall–Kier alpha value is -6.56. The lowest BCUT2D eigenvalue weighted by molar-refractivity contribution is 1.07. The second-order valence-electron chi connectivity index (χ2n) is 13.3. The number of hydrogen-bond donors (Lipinski definition) is 0. The molecule has 0 unspecified atom stereocenters. The predicted molar refractivity (Wildman–Crippen MR) is 221 cm³/mol. The zero-order valence-electron chi connectivity index (χ0n) is 28.8. The van der Waals surface area contributed by atoms with E-state index in [1.54, 1.807) is 0 Å². The molecule has 9 aromatic rings. The van der Waals surface area contributed by atoms with E-state index in [1.165, 1.54) is 25.2 Å². The minimum Gasteiger partial charge on any atom is -0.247 e. The average Bonchev–Trinajstić information content (AvgIpc) is 3.64. The highest BCUT2D eigenvalue weighted by Gasteiger charge is 2.17. The van der Waals surface area contributed by atoms with Crippen molar-refractivity contribution in [2.75, 3.05) is 0 Å². The zero-order valence-corrected chi connectivity index (χ0v) is 29.6. The van der Waals surface area contributed by atoms with Crippen molar-refractivity contribution in [3.05, 3.63) is 167 Å². The Morgan fingerprint density at radius 2 is 0.849 bits per heavy atom. The van der Waals surface area contributed by atoms with Crippen LogP contribution in [0.2, 0.25) is 0 Å². The number of pyridine rings is 1. The van der Waals surface area contributed by atoms with Gasteiger partial charge < -0.3 is 0 Å². The molecule has 6 aromatic carbocycles. The Bertz CT molecular complexity index is 2840. The number of fused-ring (bicyclic) bond motifs is 5. The zero-order chi connectivity index (χ0) is 35.1. The number of rotatable bonds is 6. The number of thiophene rings is 1. The Morgan fingerprint density at radius 3 is 1.42 bits per heavy atom. The van der Waals surface area contributed by atoms with Crippen molar-refractivity contribution in [3.63, 3.8) is 0 Å². The molecule has 250 valence electrons. The topological polar surface area (TPSA) is 51.6 Å². The number of nitrogens with zero attached hydrogens (tertiary/aromatic N) is 4. The van der Waals surface area contributed by atoms with Crippen LogP contribution >= 0.6 is 11.3 Å². The molecule has 0 saturated heterocycles. The van der Waals surface area contributed by atoms with E-state index < -0.39 is 0 Å². The molecule has 0 fully saturated rings. The SMILES string of the molecule is C1=c2sc3c(c(-c4ccccc4)nc4cc(-c5ccc(-c6ccc(-c7nc(-c8ccccc8)nc(-c8ccccc8)n7)cc6)cc5)ccc43)c2=CCC1. The molecule has 5 heteroatoms. The van der Waals surface area contributed by atoms with Crippen LogP contribution in [0.4, 0.5) is 0 Å². The average molecular weight is 697 g/mol. The van der Waals surface area contributed by atoms with E-state index in [9.17, 15) is 0 Å². The molecule has 1 aliphatic rings. The summed E-state index contributed by atoms with van der Waals surface area (Å²) in [6.45, 7) is 0. The summed E-state index contributed by atoms with van der Waals surface area (Å²) < 4.78 is 2.69. The molecule has 0 aliphatic heterocycles. The molecule has 10 rings (SSSR count). The summed E-state index contributed by atoms with van der Waals surface area (Å²) in [5, 5.41) is 3.84. The fraction of sp³-hybridized carbons (Fsp3) is 0.0417. The van der Waals surface area contributed by atoms with Crippen molar-refractivity contribution in [2.24, 2.45) is 0 Å². The molecule has 3 heterocycles. The third-order valence-corrected chi connectivity index (χ3v) is 11.2. The summed E-state index contributed by atoms with van der Waals surface area (Å²) in [4.78, 5) is 20.0. The summed E-state index contributed by atoms with van der Waals surface area (Å²) in [6, 6.07) is 54.8. The summed E-state index contributed by atoms with van der Waals surface area (Å²) in [7, 11) is 0. The molecular formula is C48H32N4S. The van der Waals surface area contributed by atoms with Gasteiger partial charge in [-0.3, -0.25) is 0 Å². The highest BCUT2D eigenvalue weighted by atomic mass is 32.1. The minimum atomic E-state index is 0.649. The molecule has 0 amide bonds. The lowest BCUT2D eigenvalue weighted by Crippen LogP contribution is -2.21. The van der Waals surface area contributed by atoms with Crippen LogP contribution in [0.15, 0.2) is 158 Å². The molecule has 0 N–H and O–H groups in total. The van der Waals surface area contributed by atoms with E-state index in [4.69, 9.17) is 19.9 Å². The number of hydrogen-bond acceptors (Lipinski definition) is 5. The van der Waals surface area contributed by atoms with Crippen LogP contribution in [-0.2, 0) is 0 Å². The van der Waals surface area contributed by atoms with Crippen LogP contribution in [0.1, 0.15) is 12.8 Å². The fourth-order valence-corrected chi connectivity index (χ4v) is 8.57. The standard InChI is InChI=1S/C48H32N4S/c1-4-12-34(13-5-1)44-43-40-18-10-11-19-42(40)53-45(43)39-29-28-38(30-41(39)49-44)33-22-20-31(21-23-33)32-24-26-37(27-25-32)48-51-46(35-14-6-2-7-15-35)50-47(52-48)36-16-8-3-9-17-36/h1-9,12-30H,10-11H2. The highest BCUT2D eigenvalue weighted by molar-refractivity contribution is 7.18. The van der Waals surface area contributed by atoms with E-state index in [0.29, 0.717) is 17.5 Å². The molecule has 0 radical (unpaired) electrons. The Labute approximate surface area is 311 Å². The maximum absolute atomic E-state index is 5.34. The van der Waals surface area contributed by atoms with Gasteiger partial charge in [0.25, 0.3) is 0 Å². The Morgan fingerprint density at radius 1 is 0.396 bits per heavy atom. The highest BCUT2D eigenvalue weighted by Crippen LogP contribution is 2.35. The molecule has 0 spiro atoms. The minimum absolute atomic E-state index is 0.649. The molecule has 0 saturated carbocycles. The normalized spacial score (nSPS) is 12.3. The molecule has 0 atom stereocenters. The van der Waals surface area contributed by atoms with E-state index in [2.05, 4.69) is 109 Å². The summed E-state index contributed by atoms with van der Waals surface area (Å²) in [5.74, 6) is 1.96. The first-order chi connectivity index (χ1) is 26.2. The lowest BCUT2D eigenvalue weighted by Gasteiger charge is -2.10. The van der Waals surface area contributed by atoms with Gasteiger partial charge in [0.2, 0.25) is 0 Å². The maximum atomic E-state index is 5.34. The van der Waals surface area contributed by atoms with E-state index in [0.717, 1.165) is 68.6 Å². The largest absolute Gasteiger partial charge is 0.247 e. The van der Waals surface area contributed by atoms with Crippen molar-refractivity contribution < 1.29 is 0 Å². The summed E-state index contributed by atoms with van der Waals surface area (Å²) >= 11 is 1.90. The number of benzene rings is 6. The molecule has 3 aromatic heterocycles. The van der Waals surface area contributed by atoms with Crippen molar-refractivity contribution in [1.82, 2.24) is 19.9 Å². The van der Waals surface area contributed by atoms with Crippen LogP contribution in [0, 0.1) is 0 Å². The van der Waals surface area contributed by atoms with E-state index in [1.807, 2.05) is 72.0 Å². The van der Waals surface area contributed by atoms with Crippen molar-refractivity contribution in [2.45, 2.75) is 12.8 Å². The van der Waals surface area contributed by atoms with Crippen molar-refractivity contribution in [3.8, 4) is 67.7 Å². The first-order valence-corrected chi connectivity index (χ1v) is 18.8. The smallest absolute Gasteiger partial charge is 0.164 e. The summed E-state index contributed by atoms with van der Waals surface area (Å²) in [5.41, 5.74) is 10.7. The second-order valence-corrected chi connectivity index (χ2v) is 14.4. The first kappa shape index (κ1) is 31.2. The van der Waals surface area contributed by atoms with Crippen molar-refractivity contribution >= 4 is 44.5 Å². The van der Waals surface area contributed by atoms with Gasteiger partial charge in [-0.1, -0.05) is 164 Å². The van der Waals surface area contributed by atoms with Gasteiger partial charge in [-0.15, -0.1) is 11.3 Å². The predicted octanol–water partition coefficient (Wildman–Crippen LogP) is 11.0. The Kier molecular flexibility index (Phi) is 7.77. The van der Waals surface area contributed by atoms with Gasteiger partial charge in [0.1, 0.15) is 0 Å². The van der Waals surface area contributed by atoms with Gasteiger partial charge in [-0.2, -0.15) is 0 Å². The van der Waals surface area contributed by atoms with Crippen LogP contribution in [0.5, 0.6) is 0 Å². The van der Waals surface area contributed by atoms with E-state index >= 15 is 0 Å². The third kappa shape index (κ3) is 5.81. The van der Waals surface area contributed by atoms with Gasteiger partial charge in [-0.25, -0.2) is 19.9 Å². The van der Waals surface area contributed by atoms with Gasteiger partial charge in [0, 0.05) is 42.3 Å². The fourth-order valence-electron chi connectivity index (χ4n) is 7.26. The second kappa shape index (κ2) is 13.2. The van der Waals surface area contributed by atoms with Gasteiger partial charge in [0.05, 0.1) is 11.2 Å². The molecule has 53 heavy (non-hydrogen) atoms. The van der Waals surface area contributed by atoms with Crippen LogP contribution < -0.4 is 9.75 Å². The first-order valence-electron chi connectivity index (χ1n) is 18.0. The van der Waals surface area contributed by atoms with Crippen LogP contribution in [-0.4, -0.2) is 19.9 Å². The summed E-state index contributed by atoms with van der Waals surface area (Å²) in [6.07, 6.45) is 6.96. The van der Waals surface area contributed by atoms with Crippen LogP contribution in [0.25, 0.3) is 101 Å².